The largest absolute Gasteiger partial charge is 0.481 e. The van der Waals surface area contributed by atoms with Gasteiger partial charge >= 0.3 is 5.97 Å². The van der Waals surface area contributed by atoms with Crippen molar-refractivity contribution in [3.63, 3.8) is 0 Å². The van der Waals surface area contributed by atoms with E-state index in [4.69, 9.17) is 5.11 Å². The molecular weight excluding hydrogens is 208 g/mol. The van der Waals surface area contributed by atoms with Crippen molar-refractivity contribution in [2.24, 2.45) is 11.8 Å². The zero-order valence-electron chi connectivity index (χ0n) is 10.1. The first-order valence-corrected chi connectivity index (χ1v) is 5.64. The van der Waals surface area contributed by atoms with Crippen molar-refractivity contribution in [3.05, 3.63) is 0 Å². The van der Waals surface area contributed by atoms with Gasteiger partial charge in [-0.1, -0.05) is 6.92 Å². The van der Waals surface area contributed by atoms with Gasteiger partial charge in [-0.05, 0) is 12.8 Å². The third-order valence-electron chi connectivity index (χ3n) is 3.34. The Labute approximate surface area is 96.0 Å². The first kappa shape index (κ1) is 13.0. The summed E-state index contributed by atoms with van der Waals surface area (Å²) in [5, 5.41) is 8.82. The van der Waals surface area contributed by atoms with Crippen molar-refractivity contribution in [1.29, 1.82) is 0 Å². The number of carboxylic acid groups (broad SMARTS) is 1. The molecule has 1 aliphatic rings. The summed E-state index contributed by atoms with van der Waals surface area (Å²) >= 11 is 0. The minimum absolute atomic E-state index is 0.101. The van der Waals surface area contributed by atoms with Gasteiger partial charge in [-0.25, -0.2) is 0 Å². The summed E-state index contributed by atoms with van der Waals surface area (Å²) in [6.07, 6.45) is 0. The van der Waals surface area contributed by atoms with Crippen LogP contribution in [0.2, 0.25) is 0 Å². The van der Waals surface area contributed by atoms with Crippen LogP contribution < -0.4 is 0 Å². The third-order valence-corrected chi connectivity index (χ3v) is 3.34. The molecule has 1 saturated heterocycles. The van der Waals surface area contributed by atoms with Crippen LogP contribution >= 0.6 is 0 Å². The summed E-state index contributed by atoms with van der Waals surface area (Å²) < 4.78 is 0. The van der Waals surface area contributed by atoms with E-state index in [0.717, 1.165) is 13.1 Å². The second-order valence-electron chi connectivity index (χ2n) is 4.49. The number of hydrogen-bond donors (Lipinski definition) is 1. The molecule has 1 fully saturated rings. The maximum absolute atomic E-state index is 11.6. The number of likely N-dealkylation sites (N-methyl/N-ethyl adjacent to an activating group) is 1. The van der Waals surface area contributed by atoms with Gasteiger partial charge < -0.3 is 10.0 Å². The molecule has 0 saturated carbocycles. The van der Waals surface area contributed by atoms with E-state index in [1.165, 1.54) is 0 Å². The van der Waals surface area contributed by atoms with E-state index >= 15 is 0 Å². The van der Waals surface area contributed by atoms with Gasteiger partial charge in [0.25, 0.3) is 0 Å². The Hall–Kier alpha value is -1.10. The Bertz CT molecular complexity index is 274. The average molecular weight is 228 g/mol. The SMILES string of the molecule is CCN(C)C(=O)CN1CC(C(C)C(=O)O)C1. The highest BCUT2D eigenvalue weighted by atomic mass is 16.4. The van der Waals surface area contributed by atoms with Crippen LogP contribution in [0.3, 0.4) is 0 Å². The number of carboxylic acids is 1. The molecule has 0 radical (unpaired) electrons. The summed E-state index contributed by atoms with van der Waals surface area (Å²) in [5.41, 5.74) is 0. The molecule has 1 amide bonds. The van der Waals surface area contributed by atoms with Crippen molar-refractivity contribution in [3.8, 4) is 0 Å². The van der Waals surface area contributed by atoms with E-state index in [2.05, 4.69) is 0 Å². The fourth-order valence-corrected chi connectivity index (χ4v) is 1.75. The van der Waals surface area contributed by atoms with E-state index in [-0.39, 0.29) is 17.7 Å². The molecule has 0 aromatic heterocycles. The molecule has 1 N–H and O–H groups in total. The van der Waals surface area contributed by atoms with Gasteiger partial charge in [-0.2, -0.15) is 0 Å². The van der Waals surface area contributed by atoms with Crippen LogP contribution in [0, 0.1) is 11.8 Å². The van der Waals surface area contributed by atoms with Crippen LogP contribution in [0.4, 0.5) is 0 Å². The van der Waals surface area contributed by atoms with Gasteiger partial charge in [0.2, 0.25) is 5.91 Å². The van der Waals surface area contributed by atoms with Crippen molar-refractivity contribution >= 4 is 11.9 Å². The highest BCUT2D eigenvalue weighted by Crippen LogP contribution is 2.23. The molecule has 1 rings (SSSR count). The lowest BCUT2D eigenvalue weighted by molar-refractivity contribution is -0.146. The molecule has 5 nitrogen and oxygen atoms in total. The lowest BCUT2D eigenvalue weighted by Crippen LogP contribution is -2.54. The van der Waals surface area contributed by atoms with Gasteiger partial charge in [-0.3, -0.25) is 14.5 Å². The number of likely N-dealkylation sites (tertiary alicyclic amines) is 1. The maximum Gasteiger partial charge on any atom is 0.306 e. The van der Waals surface area contributed by atoms with Gasteiger partial charge in [0.15, 0.2) is 0 Å². The summed E-state index contributed by atoms with van der Waals surface area (Å²) in [4.78, 5) is 26.0. The van der Waals surface area contributed by atoms with Crippen LogP contribution in [0.1, 0.15) is 13.8 Å². The van der Waals surface area contributed by atoms with Crippen LogP contribution in [-0.2, 0) is 9.59 Å². The van der Waals surface area contributed by atoms with Crippen molar-refractivity contribution in [1.82, 2.24) is 9.80 Å². The standard InChI is InChI=1S/C11H20N2O3/c1-4-12(3)10(14)7-13-5-9(6-13)8(2)11(15)16/h8-9H,4-7H2,1-3H3,(H,15,16). The number of carbonyl (C=O) groups is 2. The minimum atomic E-state index is -0.748. The van der Waals surface area contributed by atoms with Crippen LogP contribution in [0.5, 0.6) is 0 Å². The van der Waals surface area contributed by atoms with Crippen molar-refractivity contribution in [2.75, 3.05) is 33.2 Å². The summed E-state index contributed by atoms with van der Waals surface area (Å²) in [5.74, 6) is -0.766. The first-order valence-electron chi connectivity index (χ1n) is 5.64. The average Bonchev–Trinajstić information content (AvgIpc) is 2.19. The predicted octanol–water partition coefficient (Wildman–Crippen LogP) is 0.117. The number of amides is 1. The van der Waals surface area contributed by atoms with E-state index in [1.807, 2.05) is 11.8 Å². The van der Waals surface area contributed by atoms with Crippen LogP contribution in [0.15, 0.2) is 0 Å². The smallest absolute Gasteiger partial charge is 0.306 e. The zero-order valence-corrected chi connectivity index (χ0v) is 10.1. The topological polar surface area (TPSA) is 60.9 Å². The van der Waals surface area contributed by atoms with E-state index in [9.17, 15) is 9.59 Å². The number of carbonyl (C=O) groups excluding carboxylic acids is 1. The monoisotopic (exact) mass is 228 g/mol. The third kappa shape index (κ3) is 2.95. The van der Waals surface area contributed by atoms with E-state index < -0.39 is 5.97 Å². The fourth-order valence-electron chi connectivity index (χ4n) is 1.75. The second kappa shape index (κ2) is 5.30. The molecule has 0 bridgehead atoms. The van der Waals surface area contributed by atoms with E-state index in [1.54, 1.807) is 18.9 Å². The maximum atomic E-state index is 11.6. The van der Waals surface area contributed by atoms with Crippen molar-refractivity contribution < 1.29 is 14.7 Å². The molecule has 1 aliphatic heterocycles. The highest BCUT2D eigenvalue weighted by Gasteiger charge is 2.35. The molecular formula is C11H20N2O3. The van der Waals surface area contributed by atoms with Gasteiger partial charge in [0.05, 0.1) is 12.5 Å². The molecule has 0 aromatic rings. The predicted molar refractivity (Wildman–Crippen MR) is 60.0 cm³/mol. The number of aliphatic carboxylic acids is 1. The first-order chi connectivity index (χ1) is 7.45. The summed E-state index contributed by atoms with van der Waals surface area (Å²) in [6, 6.07) is 0. The number of nitrogens with zero attached hydrogens (tertiary/aromatic N) is 2. The Morgan fingerprint density at radius 3 is 2.50 bits per heavy atom. The van der Waals surface area contributed by atoms with Crippen LogP contribution in [0.25, 0.3) is 0 Å². The van der Waals surface area contributed by atoms with E-state index in [0.29, 0.717) is 13.1 Å². The molecule has 1 atom stereocenters. The Balaban J connectivity index is 2.26. The summed E-state index contributed by atoms with van der Waals surface area (Å²) in [6.45, 7) is 6.22. The fraction of sp³-hybridized carbons (Fsp3) is 0.818. The molecule has 16 heavy (non-hydrogen) atoms. The molecule has 0 spiro atoms. The molecule has 92 valence electrons. The van der Waals surface area contributed by atoms with Crippen LogP contribution in [-0.4, -0.2) is 60.0 Å². The molecule has 1 unspecified atom stereocenters. The zero-order chi connectivity index (χ0) is 12.3. The lowest BCUT2D eigenvalue weighted by atomic mass is 9.87. The number of rotatable bonds is 5. The lowest BCUT2D eigenvalue weighted by Gasteiger charge is -2.41. The Kier molecular flexibility index (Phi) is 4.29. The normalized spacial score (nSPS) is 18.9. The van der Waals surface area contributed by atoms with Gasteiger partial charge in [0, 0.05) is 26.7 Å². The van der Waals surface area contributed by atoms with Gasteiger partial charge in [-0.15, -0.1) is 0 Å². The summed E-state index contributed by atoms with van der Waals surface area (Å²) in [7, 11) is 1.78. The minimum Gasteiger partial charge on any atom is -0.481 e. The Morgan fingerprint density at radius 1 is 1.50 bits per heavy atom. The Morgan fingerprint density at radius 2 is 2.06 bits per heavy atom. The number of hydrogen-bond acceptors (Lipinski definition) is 3. The highest BCUT2D eigenvalue weighted by molar-refractivity contribution is 5.78. The molecule has 5 heteroatoms. The van der Waals surface area contributed by atoms with Gasteiger partial charge in [0.1, 0.15) is 0 Å². The second-order valence-corrected chi connectivity index (χ2v) is 4.49. The molecule has 0 aliphatic carbocycles. The molecule has 0 aromatic carbocycles. The van der Waals surface area contributed by atoms with Crippen molar-refractivity contribution in [2.45, 2.75) is 13.8 Å². The quantitative estimate of drug-likeness (QED) is 0.726. The molecule has 1 heterocycles.